The Morgan fingerprint density at radius 2 is 1.89 bits per heavy atom. The molecule has 28 heavy (non-hydrogen) atoms. The Bertz CT molecular complexity index is 949. The molecule has 2 heterocycles. The SMILES string of the molecule is CCN(CC)c1ccc(-n2c(C)cc(/C=N\NC(=O)c3ccco3)c2C)cc1. The Morgan fingerprint density at radius 1 is 1.18 bits per heavy atom. The van der Waals surface area contributed by atoms with Gasteiger partial charge in [-0.15, -0.1) is 0 Å². The van der Waals surface area contributed by atoms with E-state index in [1.165, 1.54) is 12.0 Å². The number of hydrogen-bond donors (Lipinski definition) is 1. The lowest BCUT2D eigenvalue weighted by Crippen LogP contribution is -2.21. The van der Waals surface area contributed by atoms with Crippen LogP contribution in [0.1, 0.15) is 41.4 Å². The van der Waals surface area contributed by atoms with Crippen LogP contribution in [-0.2, 0) is 0 Å². The largest absolute Gasteiger partial charge is 0.459 e. The first-order valence-electron chi connectivity index (χ1n) is 9.46. The molecular formula is C22H26N4O2. The smallest absolute Gasteiger partial charge is 0.307 e. The summed E-state index contributed by atoms with van der Waals surface area (Å²) in [7, 11) is 0. The number of nitrogens with zero attached hydrogens (tertiary/aromatic N) is 3. The number of carbonyl (C=O) groups is 1. The number of carbonyl (C=O) groups excluding carboxylic acids is 1. The van der Waals surface area contributed by atoms with Gasteiger partial charge in [-0.1, -0.05) is 0 Å². The Balaban J connectivity index is 1.78. The molecule has 0 atom stereocenters. The predicted molar refractivity (Wildman–Crippen MR) is 113 cm³/mol. The number of hydrazone groups is 1. The molecule has 3 rings (SSSR count). The molecule has 2 aromatic heterocycles. The van der Waals surface area contributed by atoms with Crippen molar-refractivity contribution >= 4 is 17.8 Å². The first kappa shape index (κ1) is 19.5. The molecule has 3 aromatic rings. The van der Waals surface area contributed by atoms with Crippen LogP contribution in [0, 0.1) is 13.8 Å². The van der Waals surface area contributed by atoms with Gasteiger partial charge >= 0.3 is 5.91 Å². The Hall–Kier alpha value is -3.28. The van der Waals surface area contributed by atoms with E-state index in [4.69, 9.17) is 4.42 Å². The molecule has 0 fully saturated rings. The maximum atomic E-state index is 11.9. The zero-order valence-electron chi connectivity index (χ0n) is 16.8. The molecule has 6 nitrogen and oxygen atoms in total. The number of benzene rings is 1. The summed E-state index contributed by atoms with van der Waals surface area (Å²) < 4.78 is 7.23. The van der Waals surface area contributed by atoms with Crippen molar-refractivity contribution < 1.29 is 9.21 Å². The number of nitrogens with one attached hydrogen (secondary N) is 1. The van der Waals surface area contributed by atoms with Crippen LogP contribution in [0.5, 0.6) is 0 Å². The summed E-state index contributed by atoms with van der Waals surface area (Å²) >= 11 is 0. The fraction of sp³-hybridized carbons (Fsp3) is 0.273. The zero-order valence-corrected chi connectivity index (χ0v) is 16.8. The second-order valence-electron chi connectivity index (χ2n) is 6.53. The Morgan fingerprint density at radius 3 is 2.50 bits per heavy atom. The standard InChI is InChI=1S/C22H26N4O2/c1-5-25(6-2)19-9-11-20(12-10-19)26-16(3)14-18(17(26)4)15-23-24-22(27)21-8-7-13-28-21/h7-15H,5-6H2,1-4H3,(H,24,27)/b23-15-. The molecule has 0 unspecified atom stereocenters. The van der Waals surface area contributed by atoms with Gasteiger partial charge in [-0.05, 0) is 70.2 Å². The van der Waals surface area contributed by atoms with Gasteiger partial charge in [-0.3, -0.25) is 4.79 Å². The first-order chi connectivity index (χ1) is 13.5. The molecule has 0 saturated heterocycles. The van der Waals surface area contributed by atoms with Gasteiger partial charge in [0.05, 0.1) is 12.5 Å². The minimum absolute atomic E-state index is 0.232. The van der Waals surface area contributed by atoms with Crippen LogP contribution in [0.15, 0.2) is 58.2 Å². The number of furan rings is 1. The van der Waals surface area contributed by atoms with E-state index in [9.17, 15) is 4.79 Å². The normalized spacial score (nSPS) is 11.1. The van der Waals surface area contributed by atoms with Gasteiger partial charge in [0.25, 0.3) is 0 Å². The van der Waals surface area contributed by atoms with Crippen LogP contribution in [-0.4, -0.2) is 29.8 Å². The average molecular weight is 378 g/mol. The highest BCUT2D eigenvalue weighted by molar-refractivity contribution is 5.92. The minimum Gasteiger partial charge on any atom is -0.459 e. The molecule has 0 aliphatic rings. The number of anilines is 1. The number of hydrogen-bond acceptors (Lipinski definition) is 4. The molecule has 0 spiro atoms. The Kier molecular flexibility index (Phi) is 5.99. The van der Waals surface area contributed by atoms with Crippen molar-refractivity contribution in [2.45, 2.75) is 27.7 Å². The van der Waals surface area contributed by atoms with E-state index in [-0.39, 0.29) is 11.7 Å². The van der Waals surface area contributed by atoms with Crippen molar-refractivity contribution in [3.8, 4) is 5.69 Å². The summed E-state index contributed by atoms with van der Waals surface area (Å²) in [5.41, 5.74) is 7.92. The monoisotopic (exact) mass is 378 g/mol. The lowest BCUT2D eigenvalue weighted by molar-refractivity contribution is 0.0927. The van der Waals surface area contributed by atoms with Gasteiger partial charge in [-0.25, -0.2) is 5.43 Å². The second kappa shape index (κ2) is 8.61. The number of aromatic nitrogens is 1. The highest BCUT2D eigenvalue weighted by atomic mass is 16.3. The average Bonchev–Trinajstić information content (AvgIpc) is 3.32. The van der Waals surface area contributed by atoms with Crippen molar-refractivity contribution in [2.24, 2.45) is 5.10 Å². The molecule has 0 saturated carbocycles. The maximum Gasteiger partial charge on any atom is 0.307 e. The zero-order chi connectivity index (χ0) is 20.1. The highest BCUT2D eigenvalue weighted by Gasteiger charge is 2.11. The maximum absolute atomic E-state index is 11.9. The van der Waals surface area contributed by atoms with Crippen molar-refractivity contribution in [3.05, 3.63) is 71.4 Å². The first-order valence-corrected chi connectivity index (χ1v) is 9.46. The predicted octanol–water partition coefficient (Wildman–Crippen LogP) is 4.30. The summed E-state index contributed by atoms with van der Waals surface area (Å²) in [5, 5.41) is 4.06. The lowest BCUT2D eigenvalue weighted by Gasteiger charge is -2.21. The van der Waals surface area contributed by atoms with Crippen LogP contribution >= 0.6 is 0 Å². The van der Waals surface area contributed by atoms with E-state index in [0.717, 1.165) is 35.7 Å². The van der Waals surface area contributed by atoms with Gasteiger partial charge in [0.2, 0.25) is 0 Å². The fourth-order valence-corrected chi connectivity index (χ4v) is 3.34. The van der Waals surface area contributed by atoms with E-state index in [1.807, 2.05) is 6.92 Å². The van der Waals surface area contributed by atoms with Crippen LogP contribution in [0.3, 0.4) is 0 Å². The summed E-state index contributed by atoms with van der Waals surface area (Å²) in [5.74, 6) is -0.141. The molecule has 0 radical (unpaired) electrons. The fourth-order valence-electron chi connectivity index (χ4n) is 3.34. The van der Waals surface area contributed by atoms with Crippen molar-refractivity contribution in [3.63, 3.8) is 0 Å². The molecule has 0 bridgehead atoms. The Labute approximate surface area is 165 Å². The third kappa shape index (κ3) is 4.01. The highest BCUT2D eigenvalue weighted by Crippen LogP contribution is 2.22. The van der Waals surface area contributed by atoms with Crippen molar-refractivity contribution in [1.82, 2.24) is 9.99 Å². The van der Waals surface area contributed by atoms with Crippen LogP contribution < -0.4 is 10.3 Å². The third-order valence-corrected chi connectivity index (χ3v) is 4.82. The molecule has 1 N–H and O–H groups in total. The molecule has 0 aliphatic heterocycles. The van der Waals surface area contributed by atoms with Gasteiger partial charge < -0.3 is 13.9 Å². The number of rotatable bonds is 7. The third-order valence-electron chi connectivity index (χ3n) is 4.82. The molecular weight excluding hydrogens is 352 g/mol. The molecule has 146 valence electrons. The van der Waals surface area contributed by atoms with E-state index in [0.29, 0.717) is 0 Å². The quantitative estimate of drug-likeness (QED) is 0.493. The van der Waals surface area contributed by atoms with Gasteiger partial charge in [-0.2, -0.15) is 5.10 Å². The minimum atomic E-state index is -0.373. The summed E-state index contributed by atoms with van der Waals surface area (Å²) in [6.45, 7) is 10.4. The summed E-state index contributed by atoms with van der Waals surface area (Å²) in [4.78, 5) is 14.2. The topological polar surface area (TPSA) is 62.8 Å². The number of aryl methyl sites for hydroxylation is 1. The van der Waals surface area contributed by atoms with E-state index >= 15 is 0 Å². The van der Waals surface area contributed by atoms with E-state index in [1.54, 1.807) is 18.3 Å². The summed E-state index contributed by atoms with van der Waals surface area (Å²) in [6.07, 6.45) is 3.11. The van der Waals surface area contributed by atoms with Gasteiger partial charge in [0.15, 0.2) is 5.76 Å². The molecule has 0 aliphatic carbocycles. The molecule has 1 aromatic carbocycles. The van der Waals surface area contributed by atoms with Crippen LogP contribution in [0.2, 0.25) is 0 Å². The summed E-state index contributed by atoms with van der Waals surface area (Å²) in [6, 6.07) is 13.9. The second-order valence-corrected chi connectivity index (χ2v) is 6.53. The van der Waals surface area contributed by atoms with E-state index < -0.39 is 0 Å². The van der Waals surface area contributed by atoms with Crippen LogP contribution in [0.4, 0.5) is 5.69 Å². The lowest BCUT2D eigenvalue weighted by atomic mass is 10.2. The van der Waals surface area contributed by atoms with Gasteiger partial charge in [0.1, 0.15) is 0 Å². The van der Waals surface area contributed by atoms with Crippen molar-refractivity contribution in [1.29, 1.82) is 0 Å². The molecule has 6 heteroatoms. The van der Waals surface area contributed by atoms with E-state index in [2.05, 4.69) is 71.1 Å². The number of amides is 1. The van der Waals surface area contributed by atoms with Crippen molar-refractivity contribution in [2.75, 3.05) is 18.0 Å². The van der Waals surface area contributed by atoms with Crippen LogP contribution in [0.25, 0.3) is 5.69 Å². The molecule has 1 amide bonds. The van der Waals surface area contributed by atoms with Gasteiger partial charge in [0, 0.05) is 41.4 Å².